The molecule has 0 aromatic heterocycles. The van der Waals surface area contributed by atoms with Crippen LogP contribution in [-0.4, -0.2) is 23.4 Å². The number of rotatable bonds is 5. The molecular formula is C13H26N+. The summed E-state index contributed by atoms with van der Waals surface area (Å²) in [6.45, 7) is 9.51. The first-order chi connectivity index (χ1) is 6.79. The summed E-state index contributed by atoms with van der Waals surface area (Å²) in [4.78, 5) is 0. The fourth-order valence-electron chi connectivity index (χ4n) is 2.53. The molecule has 0 saturated heterocycles. The summed E-state index contributed by atoms with van der Waals surface area (Å²) in [7, 11) is 0. The van der Waals surface area contributed by atoms with Gasteiger partial charge in [-0.2, -0.15) is 0 Å². The van der Waals surface area contributed by atoms with Gasteiger partial charge in [0.2, 0.25) is 0 Å². The normalized spacial score (nSPS) is 22.9. The van der Waals surface area contributed by atoms with Gasteiger partial charge in [-0.05, 0) is 12.8 Å². The molecule has 0 aromatic carbocycles. The maximum Gasteiger partial charge on any atom is 0.152 e. The molecule has 0 N–H and O–H groups in total. The van der Waals surface area contributed by atoms with Crippen LogP contribution in [0.5, 0.6) is 0 Å². The van der Waals surface area contributed by atoms with Gasteiger partial charge in [-0.3, -0.25) is 0 Å². The summed E-state index contributed by atoms with van der Waals surface area (Å²) >= 11 is 0. The third-order valence-corrected chi connectivity index (χ3v) is 3.47. The van der Waals surface area contributed by atoms with Crippen LogP contribution >= 0.6 is 0 Å². The highest BCUT2D eigenvalue weighted by atomic mass is 15.0. The van der Waals surface area contributed by atoms with Crippen molar-refractivity contribution in [3.63, 3.8) is 0 Å². The van der Waals surface area contributed by atoms with E-state index in [0.29, 0.717) is 0 Å². The highest BCUT2D eigenvalue weighted by Crippen LogP contribution is 2.20. The summed E-state index contributed by atoms with van der Waals surface area (Å²) < 4.78 is 2.61. The second-order valence-electron chi connectivity index (χ2n) is 4.61. The third kappa shape index (κ3) is 3.11. The van der Waals surface area contributed by atoms with Crippen LogP contribution in [0.1, 0.15) is 59.3 Å². The molecule has 82 valence electrons. The van der Waals surface area contributed by atoms with Gasteiger partial charge in [-0.25, -0.2) is 4.58 Å². The van der Waals surface area contributed by atoms with E-state index in [1.54, 1.807) is 5.71 Å². The summed E-state index contributed by atoms with van der Waals surface area (Å²) in [6.07, 6.45) is 8.30. The average molecular weight is 196 g/mol. The fourth-order valence-corrected chi connectivity index (χ4v) is 2.53. The van der Waals surface area contributed by atoms with Crippen molar-refractivity contribution in [2.75, 3.05) is 13.1 Å². The van der Waals surface area contributed by atoms with Gasteiger partial charge in [-0.1, -0.05) is 26.7 Å². The number of nitrogens with zero attached hydrogens (tertiary/aromatic N) is 1. The molecule has 1 aliphatic heterocycles. The van der Waals surface area contributed by atoms with E-state index >= 15 is 0 Å². The zero-order valence-corrected chi connectivity index (χ0v) is 10.2. The predicted octanol–water partition coefficient (Wildman–Crippen LogP) is 3.47. The van der Waals surface area contributed by atoms with Gasteiger partial charge in [-0.15, -0.1) is 0 Å². The van der Waals surface area contributed by atoms with Gasteiger partial charge in [0.15, 0.2) is 5.71 Å². The SMILES string of the molecule is CCCCC1CCC[N+](CCC)=C1C. The highest BCUT2D eigenvalue weighted by Gasteiger charge is 2.24. The lowest BCUT2D eigenvalue weighted by atomic mass is 9.90. The van der Waals surface area contributed by atoms with Crippen LogP contribution in [0, 0.1) is 5.92 Å². The van der Waals surface area contributed by atoms with Crippen LogP contribution < -0.4 is 0 Å². The van der Waals surface area contributed by atoms with Crippen molar-refractivity contribution in [2.45, 2.75) is 59.3 Å². The smallest absolute Gasteiger partial charge is 0.152 e. The van der Waals surface area contributed by atoms with Crippen LogP contribution in [0.15, 0.2) is 0 Å². The Balaban J connectivity index is 2.54. The maximum absolute atomic E-state index is 2.61. The van der Waals surface area contributed by atoms with Crippen molar-refractivity contribution in [2.24, 2.45) is 5.92 Å². The number of hydrogen-bond acceptors (Lipinski definition) is 0. The summed E-state index contributed by atoms with van der Waals surface area (Å²) in [6, 6.07) is 0. The third-order valence-electron chi connectivity index (χ3n) is 3.47. The molecule has 0 radical (unpaired) electrons. The molecule has 0 aromatic rings. The van der Waals surface area contributed by atoms with Crippen molar-refractivity contribution < 1.29 is 4.58 Å². The van der Waals surface area contributed by atoms with E-state index < -0.39 is 0 Å². The fraction of sp³-hybridized carbons (Fsp3) is 0.923. The van der Waals surface area contributed by atoms with Crippen LogP contribution in [0.3, 0.4) is 0 Å². The van der Waals surface area contributed by atoms with Crippen molar-refractivity contribution in [3.8, 4) is 0 Å². The largest absolute Gasteiger partial charge is 0.237 e. The quantitative estimate of drug-likeness (QED) is 0.592. The van der Waals surface area contributed by atoms with Crippen molar-refractivity contribution in [1.29, 1.82) is 0 Å². The lowest BCUT2D eigenvalue weighted by molar-refractivity contribution is -0.535. The van der Waals surface area contributed by atoms with E-state index in [9.17, 15) is 0 Å². The molecule has 1 atom stereocenters. The van der Waals surface area contributed by atoms with Crippen LogP contribution in [0.2, 0.25) is 0 Å². The summed E-state index contributed by atoms with van der Waals surface area (Å²) in [5, 5.41) is 0. The molecule has 0 bridgehead atoms. The first kappa shape index (κ1) is 11.7. The molecule has 1 nitrogen and oxygen atoms in total. The van der Waals surface area contributed by atoms with E-state index in [1.807, 2.05) is 0 Å². The molecule has 1 unspecified atom stereocenters. The zero-order chi connectivity index (χ0) is 10.4. The minimum absolute atomic E-state index is 0.898. The molecule has 14 heavy (non-hydrogen) atoms. The Hall–Kier alpha value is -0.330. The number of hydrogen-bond donors (Lipinski definition) is 0. The molecular weight excluding hydrogens is 170 g/mol. The first-order valence-corrected chi connectivity index (χ1v) is 6.38. The molecule has 0 fully saturated rings. The Morgan fingerprint density at radius 3 is 2.71 bits per heavy atom. The van der Waals surface area contributed by atoms with E-state index in [-0.39, 0.29) is 0 Å². The second-order valence-corrected chi connectivity index (χ2v) is 4.61. The standard InChI is InChI=1S/C13H26N/c1-4-6-8-13-9-7-11-14(10-5-2)12(13)3/h13H,4-11H2,1-3H3/q+1. The molecule has 1 rings (SSSR count). The second kappa shape index (κ2) is 6.21. The minimum atomic E-state index is 0.898. The van der Waals surface area contributed by atoms with Crippen molar-refractivity contribution in [3.05, 3.63) is 0 Å². The van der Waals surface area contributed by atoms with E-state index in [2.05, 4.69) is 25.3 Å². The number of unbranched alkanes of at least 4 members (excludes halogenated alkanes) is 1. The van der Waals surface area contributed by atoms with Crippen LogP contribution in [-0.2, 0) is 0 Å². The Morgan fingerprint density at radius 1 is 1.29 bits per heavy atom. The van der Waals surface area contributed by atoms with Crippen molar-refractivity contribution >= 4 is 5.71 Å². The Labute approximate surface area is 89.2 Å². The summed E-state index contributed by atoms with van der Waals surface area (Å²) in [5.74, 6) is 0.898. The topological polar surface area (TPSA) is 3.01 Å². The molecule has 1 aliphatic rings. The molecule has 0 spiro atoms. The summed E-state index contributed by atoms with van der Waals surface area (Å²) in [5.41, 5.74) is 1.67. The van der Waals surface area contributed by atoms with E-state index in [4.69, 9.17) is 0 Å². The molecule has 0 amide bonds. The Bertz CT molecular complexity index is 193. The van der Waals surface area contributed by atoms with Crippen LogP contribution in [0.25, 0.3) is 0 Å². The maximum atomic E-state index is 2.61. The van der Waals surface area contributed by atoms with Crippen LogP contribution in [0.4, 0.5) is 0 Å². The van der Waals surface area contributed by atoms with Gasteiger partial charge in [0, 0.05) is 25.7 Å². The predicted molar refractivity (Wildman–Crippen MR) is 63.2 cm³/mol. The van der Waals surface area contributed by atoms with Gasteiger partial charge in [0.1, 0.15) is 13.1 Å². The monoisotopic (exact) mass is 196 g/mol. The zero-order valence-electron chi connectivity index (χ0n) is 10.2. The Morgan fingerprint density at radius 2 is 2.07 bits per heavy atom. The van der Waals surface area contributed by atoms with Gasteiger partial charge < -0.3 is 0 Å². The molecule has 1 heteroatoms. The van der Waals surface area contributed by atoms with Crippen molar-refractivity contribution in [1.82, 2.24) is 0 Å². The first-order valence-electron chi connectivity index (χ1n) is 6.38. The van der Waals surface area contributed by atoms with Gasteiger partial charge in [0.05, 0.1) is 0 Å². The molecule has 1 heterocycles. The Kier molecular flexibility index (Phi) is 5.21. The van der Waals surface area contributed by atoms with E-state index in [1.165, 1.54) is 51.6 Å². The highest BCUT2D eigenvalue weighted by molar-refractivity contribution is 5.79. The van der Waals surface area contributed by atoms with Gasteiger partial charge in [0.25, 0.3) is 0 Å². The minimum Gasteiger partial charge on any atom is -0.237 e. The molecule has 0 aliphatic carbocycles. The average Bonchev–Trinajstić information content (AvgIpc) is 2.20. The van der Waals surface area contributed by atoms with Gasteiger partial charge >= 0.3 is 0 Å². The van der Waals surface area contributed by atoms with E-state index in [0.717, 1.165) is 5.92 Å². The lowest BCUT2D eigenvalue weighted by Crippen LogP contribution is -2.32. The molecule has 0 saturated carbocycles. The lowest BCUT2D eigenvalue weighted by Gasteiger charge is -2.21.